The van der Waals surface area contributed by atoms with Crippen LogP contribution in [0.1, 0.15) is 13.0 Å². The molecule has 0 bridgehead atoms. The van der Waals surface area contributed by atoms with E-state index in [0.29, 0.717) is 18.8 Å². The highest BCUT2D eigenvalue weighted by molar-refractivity contribution is 5.79. The second-order valence-electron chi connectivity index (χ2n) is 5.19. The number of aromatic nitrogens is 2. The predicted octanol–water partition coefficient (Wildman–Crippen LogP) is 1.24. The summed E-state index contributed by atoms with van der Waals surface area (Å²) in [6, 6.07) is 9.65. The van der Waals surface area contributed by atoms with Crippen LogP contribution in [0.25, 0.3) is 11.3 Å². The molecule has 1 heterocycles. The molecule has 7 nitrogen and oxygen atoms in total. The molecular weight excluding hydrogens is 310 g/mol. The molecule has 1 N–H and O–H groups in total. The Morgan fingerprint density at radius 3 is 2.54 bits per heavy atom. The third-order valence-electron chi connectivity index (χ3n) is 3.56. The van der Waals surface area contributed by atoms with Crippen LogP contribution < -0.4 is 15.6 Å². The van der Waals surface area contributed by atoms with Crippen LogP contribution >= 0.6 is 0 Å². The number of rotatable bonds is 7. The lowest BCUT2D eigenvalue weighted by atomic mass is 10.1. The smallest absolute Gasteiger partial charge is 0.267 e. The third kappa shape index (κ3) is 4.20. The fourth-order valence-corrected chi connectivity index (χ4v) is 2.15. The summed E-state index contributed by atoms with van der Waals surface area (Å²) in [7, 11) is 3.15. The number of methoxy groups -OCH3 is 2. The molecule has 1 aromatic heterocycles. The third-order valence-corrected chi connectivity index (χ3v) is 3.56. The van der Waals surface area contributed by atoms with Gasteiger partial charge in [0.15, 0.2) is 0 Å². The maximum Gasteiger partial charge on any atom is 0.267 e. The van der Waals surface area contributed by atoms with Crippen LogP contribution in [0.5, 0.6) is 5.75 Å². The highest BCUT2D eigenvalue weighted by atomic mass is 16.5. The standard InChI is InChI=1S/C17H21N3O4/c1-12(17(22)18-10-11-23-2)20-16(21)9-8-15(19-20)13-4-6-14(24-3)7-5-13/h4-9,12H,10-11H2,1-3H3,(H,18,22)/t12-/m0/s1. The summed E-state index contributed by atoms with van der Waals surface area (Å²) < 4.78 is 11.2. The van der Waals surface area contributed by atoms with E-state index in [9.17, 15) is 9.59 Å². The molecule has 0 aliphatic rings. The number of hydrogen-bond acceptors (Lipinski definition) is 5. The molecule has 1 aromatic carbocycles. The summed E-state index contributed by atoms with van der Waals surface area (Å²) >= 11 is 0. The van der Waals surface area contributed by atoms with Gasteiger partial charge in [-0.05, 0) is 37.3 Å². The van der Waals surface area contributed by atoms with Crippen LogP contribution in [0.4, 0.5) is 0 Å². The molecule has 2 rings (SSSR count). The number of amides is 1. The van der Waals surface area contributed by atoms with Gasteiger partial charge in [0.2, 0.25) is 5.91 Å². The number of hydrogen-bond donors (Lipinski definition) is 1. The van der Waals surface area contributed by atoms with Gasteiger partial charge in [-0.15, -0.1) is 0 Å². The van der Waals surface area contributed by atoms with Gasteiger partial charge in [-0.2, -0.15) is 5.10 Å². The van der Waals surface area contributed by atoms with Crippen molar-refractivity contribution in [1.82, 2.24) is 15.1 Å². The predicted molar refractivity (Wildman–Crippen MR) is 90.1 cm³/mol. The van der Waals surface area contributed by atoms with E-state index in [1.165, 1.54) is 10.7 Å². The Morgan fingerprint density at radius 2 is 1.92 bits per heavy atom. The molecule has 0 unspecified atom stereocenters. The van der Waals surface area contributed by atoms with Gasteiger partial charge < -0.3 is 14.8 Å². The van der Waals surface area contributed by atoms with Crippen molar-refractivity contribution in [1.29, 1.82) is 0 Å². The molecule has 1 atom stereocenters. The summed E-state index contributed by atoms with van der Waals surface area (Å²) in [5.41, 5.74) is 1.10. The topological polar surface area (TPSA) is 82.4 Å². The Hall–Kier alpha value is -2.67. The van der Waals surface area contributed by atoms with E-state index in [1.54, 1.807) is 27.2 Å². The first-order chi connectivity index (χ1) is 11.6. The van der Waals surface area contributed by atoms with Crippen molar-refractivity contribution >= 4 is 5.91 Å². The van der Waals surface area contributed by atoms with Crippen molar-refractivity contribution in [2.24, 2.45) is 0 Å². The first kappa shape index (κ1) is 17.7. The highest BCUT2D eigenvalue weighted by Gasteiger charge is 2.17. The maximum absolute atomic E-state index is 12.1. The van der Waals surface area contributed by atoms with Crippen molar-refractivity contribution in [2.45, 2.75) is 13.0 Å². The summed E-state index contributed by atoms with van der Waals surface area (Å²) in [6.45, 7) is 2.42. The maximum atomic E-state index is 12.1. The Bertz CT molecular complexity index is 740. The highest BCUT2D eigenvalue weighted by Crippen LogP contribution is 2.20. The SMILES string of the molecule is COCCNC(=O)[C@H](C)n1nc(-c2ccc(OC)cc2)ccc1=O. The number of carbonyl (C=O) groups is 1. The van der Waals surface area contributed by atoms with Crippen molar-refractivity contribution in [3.8, 4) is 17.0 Å². The molecule has 1 amide bonds. The average Bonchev–Trinajstić information content (AvgIpc) is 2.62. The number of ether oxygens (including phenoxy) is 2. The first-order valence-corrected chi connectivity index (χ1v) is 7.57. The normalized spacial score (nSPS) is 11.8. The summed E-state index contributed by atoms with van der Waals surface area (Å²) in [4.78, 5) is 24.2. The van der Waals surface area contributed by atoms with Crippen molar-refractivity contribution in [3.05, 3.63) is 46.8 Å². The molecule has 0 aliphatic carbocycles. The van der Waals surface area contributed by atoms with Crippen LogP contribution in [-0.2, 0) is 9.53 Å². The fraction of sp³-hybridized carbons (Fsp3) is 0.353. The van der Waals surface area contributed by atoms with Crippen LogP contribution in [-0.4, -0.2) is 43.1 Å². The number of carbonyl (C=O) groups excluding carboxylic acids is 1. The van der Waals surface area contributed by atoms with E-state index < -0.39 is 6.04 Å². The van der Waals surface area contributed by atoms with Gasteiger partial charge in [-0.3, -0.25) is 9.59 Å². The van der Waals surface area contributed by atoms with Gasteiger partial charge in [0.25, 0.3) is 5.56 Å². The van der Waals surface area contributed by atoms with Gasteiger partial charge in [-0.25, -0.2) is 4.68 Å². The van der Waals surface area contributed by atoms with Crippen molar-refractivity contribution < 1.29 is 14.3 Å². The van der Waals surface area contributed by atoms with Crippen LogP contribution in [0.3, 0.4) is 0 Å². The van der Waals surface area contributed by atoms with Crippen LogP contribution in [0, 0.1) is 0 Å². The Labute approximate surface area is 140 Å². The van der Waals surface area contributed by atoms with E-state index in [0.717, 1.165) is 11.3 Å². The zero-order valence-corrected chi connectivity index (χ0v) is 14.0. The lowest BCUT2D eigenvalue weighted by Crippen LogP contribution is -2.38. The first-order valence-electron chi connectivity index (χ1n) is 7.57. The number of nitrogens with zero attached hydrogens (tertiary/aromatic N) is 2. The van der Waals surface area contributed by atoms with Gasteiger partial charge in [0.1, 0.15) is 11.8 Å². The largest absolute Gasteiger partial charge is 0.497 e. The number of benzene rings is 1. The number of nitrogens with one attached hydrogen (secondary N) is 1. The molecule has 0 aliphatic heterocycles. The Balaban J connectivity index is 2.24. The second-order valence-corrected chi connectivity index (χ2v) is 5.19. The minimum atomic E-state index is -0.715. The molecule has 0 fully saturated rings. The van der Waals surface area contributed by atoms with E-state index in [-0.39, 0.29) is 11.5 Å². The minimum absolute atomic E-state index is 0.284. The molecule has 0 radical (unpaired) electrons. The molecule has 0 saturated carbocycles. The Kier molecular flexibility index (Phi) is 6.08. The van der Waals surface area contributed by atoms with E-state index in [1.807, 2.05) is 24.3 Å². The summed E-state index contributed by atoms with van der Waals surface area (Å²) in [5.74, 6) is 0.450. The minimum Gasteiger partial charge on any atom is -0.497 e. The zero-order chi connectivity index (χ0) is 17.5. The van der Waals surface area contributed by atoms with Gasteiger partial charge in [-0.1, -0.05) is 0 Å². The molecule has 128 valence electrons. The van der Waals surface area contributed by atoms with Crippen LogP contribution in [0.2, 0.25) is 0 Å². The monoisotopic (exact) mass is 331 g/mol. The molecule has 0 saturated heterocycles. The van der Waals surface area contributed by atoms with E-state index in [2.05, 4.69) is 10.4 Å². The lowest BCUT2D eigenvalue weighted by Gasteiger charge is -2.15. The summed E-state index contributed by atoms with van der Waals surface area (Å²) in [5, 5.41) is 7.02. The van der Waals surface area contributed by atoms with E-state index in [4.69, 9.17) is 9.47 Å². The quantitative estimate of drug-likeness (QED) is 0.772. The van der Waals surface area contributed by atoms with Crippen molar-refractivity contribution in [3.63, 3.8) is 0 Å². The lowest BCUT2D eigenvalue weighted by molar-refractivity contribution is -0.124. The molecule has 7 heteroatoms. The fourth-order valence-electron chi connectivity index (χ4n) is 2.15. The van der Waals surface area contributed by atoms with E-state index >= 15 is 0 Å². The molecule has 24 heavy (non-hydrogen) atoms. The molecule has 0 spiro atoms. The molecule has 2 aromatic rings. The van der Waals surface area contributed by atoms with Gasteiger partial charge >= 0.3 is 0 Å². The van der Waals surface area contributed by atoms with Gasteiger partial charge in [0, 0.05) is 25.3 Å². The average molecular weight is 331 g/mol. The Morgan fingerprint density at radius 1 is 1.21 bits per heavy atom. The molecular formula is C17H21N3O4. The second kappa shape index (κ2) is 8.26. The van der Waals surface area contributed by atoms with Gasteiger partial charge in [0.05, 0.1) is 19.4 Å². The van der Waals surface area contributed by atoms with Crippen LogP contribution in [0.15, 0.2) is 41.2 Å². The van der Waals surface area contributed by atoms with Crippen molar-refractivity contribution in [2.75, 3.05) is 27.4 Å². The summed E-state index contributed by atoms with van der Waals surface area (Å²) in [6.07, 6.45) is 0. The zero-order valence-electron chi connectivity index (χ0n) is 14.0.